The molecule has 0 N–H and O–H groups in total. The summed E-state index contributed by atoms with van der Waals surface area (Å²) >= 11 is 7.08. The van der Waals surface area contributed by atoms with Crippen molar-refractivity contribution in [1.82, 2.24) is 9.80 Å². The van der Waals surface area contributed by atoms with Crippen LogP contribution in [0.25, 0.3) is 30.9 Å². The van der Waals surface area contributed by atoms with Gasteiger partial charge in [-0.15, -0.1) is 45.3 Å². The Kier molecular flexibility index (Phi) is 21.0. The maximum absolute atomic E-state index is 15.7. The summed E-state index contributed by atoms with van der Waals surface area (Å²) in [4.78, 5) is 42.8. The van der Waals surface area contributed by atoms with E-state index in [2.05, 4.69) is 98.5 Å². The highest BCUT2D eigenvalue weighted by molar-refractivity contribution is 7.22. The van der Waals surface area contributed by atoms with E-state index >= 15 is 9.59 Å². The van der Waals surface area contributed by atoms with Gasteiger partial charge < -0.3 is 9.80 Å². The molecule has 6 heterocycles. The van der Waals surface area contributed by atoms with E-state index in [0.29, 0.717) is 36.1 Å². The van der Waals surface area contributed by atoms with Crippen LogP contribution in [0.5, 0.6) is 0 Å². The fourth-order valence-corrected chi connectivity index (χ4v) is 14.4. The zero-order chi connectivity index (χ0) is 45.3. The Hall–Kier alpha value is -2.78. The minimum atomic E-state index is 0.0419. The molecule has 0 saturated carbocycles. The highest BCUT2D eigenvalue weighted by Crippen LogP contribution is 2.52. The lowest BCUT2D eigenvalue weighted by atomic mass is 9.93. The summed E-state index contributed by atoms with van der Waals surface area (Å²) in [5.41, 5.74) is 5.51. The summed E-state index contributed by atoms with van der Waals surface area (Å²) in [7, 11) is 0. The molecule has 0 spiro atoms. The van der Waals surface area contributed by atoms with E-state index in [1.807, 2.05) is 0 Å². The minimum absolute atomic E-state index is 0.0419. The Morgan fingerprint density at radius 2 is 0.781 bits per heavy atom. The average molecular weight is 942 g/mol. The molecule has 4 aromatic heterocycles. The van der Waals surface area contributed by atoms with Gasteiger partial charge in [-0.3, -0.25) is 9.59 Å². The number of hydrogen-bond donors (Lipinski definition) is 0. The van der Waals surface area contributed by atoms with E-state index in [1.165, 1.54) is 159 Å². The molecule has 0 saturated heterocycles. The normalized spacial score (nSPS) is 15.2. The Morgan fingerprint density at radius 3 is 1.11 bits per heavy atom. The monoisotopic (exact) mass is 941 g/mol. The van der Waals surface area contributed by atoms with Crippen LogP contribution in [-0.2, 0) is 9.59 Å². The largest absolute Gasteiger partial charge is 0.306 e. The van der Waals surface area contributed by atoms with E-state index in [0.717, 1.165) is 46.8 Å². The highest BCUT2D eigenvalue weighted by Gasteiger charge is 2.50. The SMILES string of the molecule is CCCCCCCCC(CCCCCC)CN1C(=O)C2=C(c3cc(C)c(-c4cccs4)s3)N(CC(CCCCCC)CCCCCCCC)C(=O)C2=C1c1cc(C)c(-c2cccs2)s1. The molecule has 64 heavy (non-hydrogen) atoms. The number of hydrogen-bond acceptors (Lipinski definition) is 6. The molecule has 6 rings (SSSR count). The number of carbonyl (C=O) groups excluding carboxylic acids is 2. The molecule has 0 fully saturated rings. The highest BCUT2D eigenvalue weighted by atomic mass is 32.1. The van der Waals surface area contributed by atoms with Gasteiger partial charge in [-0.25, -0.2) is 0 Å². The van der Waals surface area contributed by atoms with Crippen LogP contribution in [0, 0.1) is 25.7 Å². The van der Waals surface area contributed by atoms with Crippen LogP contribution in [0.4, 0.5) is 0 Å². The summed E-state index contributed by atoms with van der Waals surface area (Å²) in [5.74, 6) is 0.878. The summed E-state index contributed by atoms with van der Waals surface area (Å²) in [6, 6.07) is 13.2. The van der Waals surface area contributed by atoms with Crippen molar-refractivity contribution in [3.05, 3.63) is 79.2 Å². The van der Waals surface area contributed by atoms with E-state index in [1.54, 1.807) is 45.3 Å². The van der Waals surface area contributed by atoms with Crippen molar-refractivity contribution in [1.29, 1.82) is 0 Å². The van der Waals surface area contributed by atoms with Crippen LogP contribution in [-0.4, -0.2) is 34.7 Å². The van der Waals surface area contributed by atoms with E-state index in [-0.39, 0.29) is 11.8 Å². The first kappa shape index (κ1) is 50.6. The lowest BCUT2D eigenvalue weighted by molar-refractivity contribution is -0.124. The molecule has 2 amide bonds. The molecule has 0 aromatic carbocycles. The van der Waals surface area contributed by atoms with E-state index in [9.17, 15) is 0 Å². The van der Waals surface area contributed by atoms with Gasteiger partial charge in [0.1, 0.15) is 0 Å². The number of nitrogens with zero attached hydrogens (tertiary/aromatic N) is 2. The maximum Gasteiger partial charge on any atom is 0.261 e. The van der Waals surface area contributed by atoms with Crippen molar-refractivity contribution in [2.45, 2.75) is 196 Å². The molecule has 4 aromatic rings. The third-order valence-electron chi connectivity index (χ3n) is 13.7. The first-order chi connectivity index (χ1) is 31.3. The van der Waals surface area contributed by atoms with E-state index < -0.39 is 0 Å². The maximum atomic E-state index is 15.7. The molecule has 2 unspecified atom stereocenters. The molecule has 0 radical (unpaired) electrons. The van der Waals surface area contributed by atoms with Crippen molar-refractivity contribution < 1.29 is 9.59 Å². The molecule has 2 atom stereocenters. The second-order valence-electron chi connectivity index (χ2n) is 19.0. The van der Waals surface area contributed by atoms with Crippen LogP contribution in [0.2, 0.25) is 0 Å². The molecular formula is C56H80N2O2S4. The molecule has 350 valence electrons. The van der Waals surface area contributed by atoms with Crippen LogP contribution in [0.15, 0.2) is 58.3 Å². The second-order valence-corrected chi connectivity index (χ2v) is 23.0. The fraction of sp³-hybridized carbons (Fsp3) is 0.607. The van der Waals surface area contributed by atoms with Gasteiger partial charge in [-0.2, -0.15) is 0 Å². The topological polar surface area (TPSA) is 40.6 Å². The smallest absolute Gasteiger partial charge is 0.261 e. The molecule has 0 aliphatic carbocycles. The number of amides is 2. The number of aryl methyl sites for hydroxylation is 2. The molecule has 2 aliphatic heterocycles. The molecule has 0 bridgehead atoms. The number of fused-ring (bicyclic) bond motifs is 1. The average Bonchev–Trinajstić information content (AvgIpc) is 4.17. The predicted octanol–water partition coefficient (Wildman–Crippen LogP) is 18.4. The van der Waals surface area contributed by atoms with Gasteiger partial charge in [0.25, 0.3) is 11.8 Å². The first-order valence-corrected chi connectivity index (χ1v) is 29.1. The van der Waals surface area contributed by atoms with Crippen molar-refractivity contribution in [2.75, 3.05) is 13.1 Å². The Balaban J connectivity index is 1.44. The fourth-order valence-electron chi connectivity index (χ4n) is 10.1. The summed E-state index contributed by atoms with van der Waals surface area (Å²) in [6.45, 7) is 14.9. The van der Waals surface area contributed by atoms with Gasteiger partial charge in [0.05, 0.1) is 32.3 Å². The van der Waals surface area contributed by atoms with Gasteiger partial charge in [0, 0.05) is 32.6 Å². The third kappa shape index (κ3) is 13.2. The van der Waals surface area contributed by atoms with E-state index in [4.69, 9.17) is 0 Å². The molecular weight excluding hydrogens is 861 g/mol. The van der Waals surface area contributed by atoms with Crippen LogP contribution in [0.1, 0.15) is 203 Å². The number of unbranched alkanes of at least 4 members (excludes halogenated alkanes) is 16. The van der Waals surface area contributed by atoms with Gasteiger partial charge in [0.15, 0.2) is 0 Å². The quantitative estimate of drug-likeness (QED) is 0.0458. The van der Waals surface area contributed by atoms with Gasteiger partial charge in [-0.05, 0) is 97.5 Å². The van der Waals surface area contributed by atoms with Crippen molar-refractivity contribution in [2.24, 2.45) is 11.8 Å². The Labute approximate surface area is 404 Å². The standard InChI is InChI=1S/C56H80N2O2S4/c1-7-11-15-19-21-25-31-43(29-23-17-13-9-3)39-57-51(47-37-41(5)53(63-47)45-33-27-35-61-45)49-50(55(57)59)52(48-38-42(6)54(64-48)46-34-28-36-62-46)58(56(49)60)40-44(30-24-18-14-10-4)32-26-22-20-16-12-8-2/h27-28,33-38,43-44H,7-26,29-32,39-40H2,1-6H3. The zero-order valence-corrected chi connectivity index (χ0v) is 43.8. The molecule has 8 heteroatoms. The van der Waals surface area contributed by atoms with Crippen molar-refractivity contribution >= 4 is 68.6 Å². The molecule has 2 aliphatic rings. The van der Waals surface area contributed by atoms with Gasteiger partial charge in [-0.1, -0.05) is 168 Å². The minimum Gasteiger partial charge on any atom is -0.306 e. The predicted molar refractivity (Wildman–Crippen MR) is 282 cm³/mol. The van der Waals surface area contributed by atoms with Gasteiger partial charge >= 0.3 is 0 Å². The van der Waals surface area contributed by atoms with Crippen LogP contribution in [0.3, 0.4) is 0 Å². The second kappa shape index (κ2) is 26.5. The van der Waals surface area contributed by atoms with Crippen LogP contribution < -0.4 is 0 Å². The summed E-state index contributed by atoms with van der Waals surface area (Å²) in [6.07, 6.45) is 29.6. The van der Waals surface area contributed by atoms with Gasteiger partial charge in [0.2, 0.25) is 0 Å². The zero-order valence-electron chi connectivity index (χ0n) is 40.5. The number of rotatable bonds is 32. The summed E-state index contributed by atoms with van der Waals surface area (Å²) < 4.78 is 0. The lowest BCUT2D eigenvalue weighted by Gasteiger charge is -2.29. The Bertz CT molecular complexity index is 1930. The van der Waals surface area contributed by atoms with Crippen LogP contribution >= 0.6 is 45.3 Å². The van der Waals surface area contributed by atoms with Crippen molar-refractivity contribution in [3.8, 4) is 19.5 Å². The summed E-state index contributed by atoms with van der Waals surface area (Å²) in [5, 5.41) is 4.30. The first-order valence-electron chi connectivity index (χ1n) is 25.7. The lowest BCUT2D eigenvalue weighted by Crippen LogP contribution is -2.34. The third-order valence-corrected chi connectivity index (χ3v) is 18.3. The Morgan fingerprint density at radius 1 is 0.453 bits per heavy atom. The van der Waals surface area contributed by atoms with Crippen molar-refractivity contribution in [3.63, 3.8) is 0 Å². The number of thiophene rings is 4. The number of carbonyl (C=O) groups is 2. The molecule has 4 nitrogen and oxygen atoms in total.